The number of para-hydroxylation sites is 1. The molecule has 0 saturated carbocycles. The molecule has 1 spiro atoms. The number of carbonyl (C=O) groups is 3. The number of likely N-dealkylation sites (tertiary alicyclic amines) is 1. The van der Waals surface area contributed by atoms with Crippen molar-refractivity contribution in [3.8, 4) is 0 Å². The highest BCUT2D eigenvalue weighted by Gasteiger charge is 2.71. The fourth-order valence-corrected chi connectivity index (χ4v) is 5.53. The first-order valence-corrected chi connectivity index (χ1v) is 10.7. The summed E-state index contributed by atoms with van der Waals surface area (Å²) in [6.45, 7) is 1.78. The van der Waals surface area contributed by atoms with Crippen LogP contribution in [0, 0.1) is 11.8 Å². The van der Waals surface area contributed by atoms with Gasteiger partial charge in [-0.3, -0.25) is 24.6 Å². The van der Waals surface area contributed by atoms with Crippen molar-refractivity contribution in [2.24, 2.45) is 11.8 Å². The Morgan fingerprint density at radius 3 is 2.55 bits per heavy atom. The number of benzene rings is 2. The van der Waals surface area contributed by atoms with Crippen LogP contribution in [0.15, 0.2) is 48.5 Å². The highest BCUT2D eigenvalue weighted by molar-refractivity contribution is 6.35. The molecule has 2 aromatic carbocycles. The van der Waals surface area contributed by atoms with Crippen LogP contribution in [0.4, 0.5) is 5.69 Å². The van der Waals surface area contributed by atoms with Crippen LogP contribution >= 0.6 is 11.6 Å². The second kappa shape index (κ2) is 7.15. The van der Waals surface area contributed by atoms with Crippen LogP contribution < -0.4 is 10.6 Å². The molecule has 31 heavy (non-hydrogen) atoms. The van der Waals surface area contributed by atoms with Crippen molar-refractivity contribution in [3.05, 3.63) is 64.7 Å². The molecule has 0 aliphatic carbocycles. The lowest BCUT2D eigenvalue weighted by Gasteiger charge is -2.30. The summed E-state index contributed by atoms with van der Waals surface area (Å²) in [4.78, 5) is 41.4. The molecular weight excluding hydrogens is 418 g/mol. The number of aliphatic hydroxyl groups is 1. The zero-order chi connectivity index (χ0) is 21.9. The van der Waals surface area contributed by atoms with Crippen LogP contribution in [0.5, 0.6) is 0 Å². The number of halogens is 1. The summed E-state index contributed by atoms with van der Waals surface area (Å²) in [5, 5.41) is 16.7. The molecule has 0 bridgehead atoms. The summed E-state index contributed by atoms with van der Waals surface area (Å²) in [7, 11) is 0. The Morgan fingerprint density at radius 1 is 1.10 bits per heavy atom. The fraction of sp³-hybridized carbons (Fsp3) is 0.348. The van der Waals surface area contributed by atoms with Crippen molar-refractivity contribution < 1.29 is 19.5 Å². The lowest BCUT2D eigenvalue weighted by Crippen LogP contribution is -2.54. The lowest BCUT2D eigenvalue weighted by atomic mass is 9.76. The van der Waals surface area contributed by atoms with Gasteiger partial charge in [-0.15, -0.1) is 0 Å². The van der Waals surface area contributed by atoms with Crippen molar-refractivity contribution in [1.82, 2.24) is 10.2 Å². The summed E-state index contributed by atoms with van der Waals surface area (Å²) >= 11 is 6.30. The molecule has 5 atom stereocenters. The monoisotopic (exact) mass is 439 g/mol. The molecule has 0 aromatic heterocycles. The molecular formula is C23H22ClN3O4. The van der Waals surface area contributed by atoms with Crippen LogP contribution in [0.3, 0.4) is 0 Å². The quantitative estimate of drug-likeness (QED) is 0.630. The van der Waals surface area contributed by atoms with Gasteiger partial charge in [0.15, 0.2) is 0 Å². The molecule has 3 aliphatic heterocycles. The summed E-state index contributed by atoms with van der Waals surface area (Å²) in [6.07, 6.45) is -0.416. The number of rotatable bonds is 4. The molecule has 160 valence electrons. The van der Waals surface area contributed by atoms with Crippen molar-refractivity contribution in [2.45, 2.75) is 31.0 Å². The average molecular weight is 440 g/mol. The molecule has 3 amide bonds. The van der Waals surface area contributed by atoms with E-state index < -0.39 is 41.3 Å². The van der Waals surface area contributed by atoms with Gasteiger partial charge >= 0.3 is 0 Å². The number of carbonyl (C=O) groups excluding carboxylic acids is 3. The predicted octanol–water partition coefficient (Wildman–Crippen LogP) is 1.68. The summed E-state index contributed by atoms with van der Waals surface area (Å²) < 4.78 is 0. The number of amides is 3. The van der Waals surface area contributed by atoms with Gasteiger partial charge in [0.05, 0.1) is 28.6 Å². The summed E-state index contributed by atoms with van der Waals surface area (Å²) in [5.74, 6) is -2.97. The van der Waals surface area contributed by atoms with E-state index in [2.05, 4.69) is 10.6 Å². The Kier molecular flexibility index (Phi) is 4.66. The van der Waals surface area contributed by atoms with Crippen molar-refractivity contribution in [2.75, 3.05) is 11.9 Å². The highest BCUT2D eigenvalue weighted by Crippen LogP contribution is 2.54. The molecule has 0 unspecified atom stereocenters. The minimum absolute atomic E-state index is 0.224. The van der Waals surface area contributed by atoms with E-state index in [0.717, 1.165) is 5.56 Å². The van der Waals surface area contributed by atoms with Crippen LogP contribution in [-0.2, 0) is 26.3 Å². The van der Waals surface area contributed by atoms with Crippen molar-refractivity contribution >= 4 is 35.0 Å². The average Bonchev–Trinajstić information content (AvgIpc) is 3.34. The third-order valence-corrected chi connectivity index (χ3v) is 7.03. The van der Waals surface area contributed by atoms with E-state index in [1.54, 1.807) is 25.1 Å². The molecule has 5 rings (SSSR count). The molecule has 3 heterocycles. The van der Waals surface area contributed by atoms with E-state index in [1.807, 2.05) is 30.3 Å². The van der Waals surface area contributed by atoms with Crippen LogP contribution in [0.2, 0.25) is 5.02 Å². The normalized spacial score (nSPS) is 30.0. The van der Waals surface area contributed by atoms with Crippen LogP contribution in [0.25, 0.3) is 0 Å². The standard InChI is InChI=1S/C23H22ClN3O4/c1-12(28)18-16-17(21(30)27(20(16)29)11-10-13-6-3-2-4-7-13)23(26-18)14-8-5-9-15(24)19(14)25-22(23)31/h2-9,12,16-18,26,28H,10-11H2,1H3,(H,25,31)/t12-,16-,17-,18+,23-/m0/s1. The Hall–Kier alpha value is -2.74. The molecule has 0 radical (unpaired) electrons. The number of imide groups is 1. The maximum absolute atomic E-state index is 13.6. The number of fused-ring (bicyclic) bond motifs is 4. The smallest absolute Gasteiger partial charge is 0.250 e. The van der Waals surface area contributed by atoms with E-state index in [4.69, 9.17) is 11.6 Å². The van der Waals surface area contributed by atoms with Gasteiger partial charge in [-0.25, -0.2) is 0 Å². The van der Waals surface area contributed by atoms with Crippen LogP contribution in [0.1, 0.15) is 18.1 Å². The van der Waals surface area contributed by atoms with Gasteiger partial charge in [0, 0.05) is 18.2 Å². The van der Waals surface area contributed by atoms with Crippen molar-refractivity contribution in [3.63, 3.8) is 0 Å². The Balaban J connectivity index is 1.56. The predicted molar refractivity (Wildman–Crippen MR) is 114 cm³/mol. The number of anilines is 1. The maximum atomic E-state index is 13.6. The molecule has 8 heteroatoms. The van der Waals surface area contributed by atoms with E-state index >= 15 is 0 Å². The van der Waals surface area contributed by atoms with Gasteiger partial charge in [0.25, 0.3) is 0 Å². The first-order valence-electron chi connectivity index (χ1n) is 10.3. The van der Waals surface area contributed by atoms with Gasteiger partial charge in [0.2, 0.25) is 17.7 Å². The Morgan fingerprint density at radius 2 is 1.84 bits per heavy atom. The molecule has 2 saturated heterocycles. The third kappa shape index (κ3) is 2.77. The first kappa shape index (κ1) is 20.2. The molecule has 2 fully saturated rings. The minimum atomic E-state index is -1.44. The van der Waals surface area contributed by atoms with Crippen LogP contribution in [-0.4, -0.2) is 46.4 Å². The number of hydrogen-bond acceptors (Lipinski definition) is 5. The fourth-order valence-electron chi connectivity index (χ4n) is 5.30. The van der Waals surface area contributed by atoms with Gasteiger partial charge in [-0.2, -0.15) is 0 Å². The van der Waals surface area contributed by atoms with Gasteiger partial charge in [-0.05, 0) is 25.0 Å². The van der Waals surface area contributed by atoms with E-state index in [-0.39, 0.29) is 12.5 Å². The van der Waals surface area contributed by atoms with E-state index in [9.17, 15) is 19.5 Å². The summed E-state index contributed by atoms with van der Waals surface area (Å²) in [6, 6.07) is 14.0. The third-order valence-electron chi connectivity index (χ3n) is 6.71. The summed E-state index contributed by atoms with van der Waals surface area (Å²) in [5.41, 5.74) is 0.542. The zero-order valence-electron chi connectivity index (χ0n) is 16.8. The number of aliphatic hydroxyl groups excluding tert-OH is 1. The minimum Gasteiger partial charge on any atom is -0.392 e. The number of hydrogen-bond donors (Lipinski definition) is 3. The Labute approximate surface area is 184 Å². The SMILES string of the molecule is C[C@H](O)[C@H]1N[C@]2(C(=O)Nc3c(Cl)cccc32)[C@@H]2C(=O)N(CCc3ccccc3)C(=O)[C@H]12. The molecule has 3 aliphatic rings. The van der Waals surface area contributed by atoms with Gasteiger partial charge in [0.1, 0.15) is 5.54 Å². The zero-order valence-corrected chi connectivity index (χ0v) is 17.6. The van der Waals surface area contributed by atoms with E-state index in [1.165, 1.54) is 4.90 Å². The topological polar surface area (TPSA) is 98.7 Å². The second-order valence-electron chi connectivity index (χ2n) is 8.40. The largest absolute Gasteiger partial charge is 0.392 e. The number of nitrogens with zero attached hydrogens (tertiary/aromatic N) is 1. The van der Waals surface area contributed by atoms with E-state index in [0.29, 0.717) is 22.7 Å². The highest BCUT2D eigenvalue weighted by atomic mass is 35.5. The molecule has 7 nitrogen and oxygen atoms in total. The lowest BCUT2D eigenvalue weighted by molar-refractivity contribution is -0.143. The maximum Gasteiger partial charge on any atom is 0.250 e. The number of nitrogens with one attached hydrogen (secondary N) is 2. The van der Waals surface area contributed by atoms with Gasteiger partial charge in [-0.1, -0.05) is 54.1 Å². The first-order chi connectivity index (χ1) is 14.9. The molecule has 3 N–H and O–H groups in total. The second-order valence-corrected chi connectivity index (χ2v) is 8.81. The Bertz CT molecular complexity index is 1090. The van der Waals surface area contributed by atoms with Crippen molar-refractivity contribution in [1.29, 1.82) is 0 Å². The van der Waals surface area contributed by atoms with Gasteiger partial charge < -0.3 is 10.4 Å². The molecule has 2 aromatic rings.